The summed E-state index contributed by atoms with van der Waals surface area (Å²) in [7, 11) is -6.00. The fraction of sp³-hybridized carbons (Fsp3) is 0.300. The van der Waals surface area contributed by atoms with Gasteiger partial charge in [0.05, 0.1) is 0 Å². The maximum Gasteiger partial charge on any atom is 0 e. The molecular formula is C10H11BF4FeO4-. The van der Waals surface area contributed by atoms with E-state index in [1.165, 1.54) is 5.57 Å². The Labute approximate surface area is 126 Å². The maximum atomic E-state index is 9.75. The SMILES string of the molecule is C[CH]C=C(C)C.F[B-](F)(F)F.[C-]#[O+].[C-]#[O+].[C-]#[O+].[C-]#[O+].[Fe]. The van der Waals surface area contributed by atoms with Crippen LogP contribution in [0, 0.1) is 33.0 Å². The van der Waals surface area contributed by atoms with Gasteiger partial charge >= 0.3 is 52.5 Å². The summed E-state index contributed by atoms with van der Waals surface area (Å²) < 4.78 is 69.0. The summed E-state index contributed by atoms with van der Waals surface area (Å²) in [5, 5.41) is 0. The Kier molecular flexibility index (Phi) is 111. The number of halogens is 4. The second kappa shape index (κ2) is 52.0. The molecule has 0 aliphatic carbocycles. The van der Waals surface area contributed by atoms with E-state index in [-0.39, 0.29) is 17.1 Å². The van der Waals surface area contributed by atoms with Crippen molar-refractivity contribution in [3.05, 3.63) is 44.7 Å². The van der Waals surface area contributed by atoms with Crippen LogP contribution >= 0.6 is 0 Å². The van der Waals surface area contributed by atoms with Crippen molar-refractivity contribution in [1.29, 1.82) is 0 Å². The van der Waals surface area contributed by atoms with Crippen LogP contribution < -0.4 is 0 Å². The first-order valence-corrected chi connectivity index (χ1v) is 3.89. The van der Waals surface area contributed by atoms with Gasteiger partial charge < -0.3 is 17.3 Å². The third-order valence-electron chi connectivity index (χ3n) is 0.500. The van der Waals surface area contributed by atoms with Crippen molar-refractivity contribution in [2.45, 2.75) is 20.8 Å². The summed E-state index contributed by atoms with van der Waals surface area (Å²) in [6.07, 6.45) is 4.12. The first kappa shape index (κ1) is 42.7. The fourth-order valence-corrected chi connectivity index (χ4v) is 0.333. The molecule has 0 N–H and O–H groups in total. The van der Waals surface area contributed by atoms with E-state index in [0.717, 1.165) is 0 Å². The van der Waals surface area contributed by atoms with Gasteiger partial charge in [-0.25, -0.2) is 0 Å². The standard InChI is InChI=1S/C6H11.4CO.BF4.Fe/c1-4-5-6(2)3;4*1-2;2-1(3,4)5;/h4-5H,1-3H3;;;;;;/q;;;;;-1;. The third-order valence-corrected chi connectivity index (χ3v) is 0.500. The molecule has 0 heterocycles. The van der Waals surface area contributed by atoms with E-state index in [0.29, 0.717) is 0 Å². The number of allylic oxidation sites excluding steroid dienone is 2. The predicted molar refractivity (Wildman–Crippen MR) is 55.3 cm³/mol. The van der Waals surface area contributed by atoms with E-state index in [1.807, 2.05) is 13.3 Å². The molecule has 10 heteroatoms. The summed E-state index contributed by atoms with van der Waals surface area (Å²) in [6, 6.07) is 0. The second-order valence-corrected chi connectivity index (χ2v) is 2.07. The molecule has 4 nitrogen and oxygen atoms in total. The number of hydrogen-bond donors (Lipinski definition) is 0. The number of hydrogen-bond acceptors (Lipinski definition) is 0. The molecule has 20 heavy (non-hydrogen) atoms. The summed E-state index contributed by atoms with van der Waals surface area (Å²) in [5.41, 5.74) is 1.36. The summed E-state index contributed by atoms with van der Waals surface area (Å²) in [6.45, 7) is 24.2. The molecule has 0 saturated heterocycles. The summed E-state index contributed by atoms with van der Waals surface area (Å²) >= 11 is 0. The Hall–Kier alpha value is -0.996. The van der Waals surface area contributed by atoms with Gasteiger partial charge in [-0.15, -0.1) is 0 Å². The summed E-state index contributed by atoms with van der Waals surface area (Å²) in [4.78, 5) is 0. The van der Waals surface area contributed by atoms with Crippen molar-refractivity contribution in [2.24, 2.45) is 0 Å². The minimum atomic E-state index is -6.00. The van der Waals surface area contributed by atoms with Gasteiger partial charge in [0.2, 0.25) is 0 Å². The molecular weight excluding hydrogens is 327 g/mol. The van der Waals surface area contributed by atoms with Crippen LogP contribution in [0.1, 0.15) is 20.8 Å². The van der Waals surface area contributed by atoms with Gasteiger partial charge in [-0.3, -0.25) is 0 Å². The molecule has 0 atom stereocenters. The van der Waals surface area contributed by atoms with Crippen LogP contribution in [0.2, 0.25) is 0 Å². The molecule has 0 saturated carbocycles. The molecule has 0 aromatic carbocycles. The topological polar surface area (TPSA) is 79.6 Å². The monoisotopic (exact) mass is 338 g/mol. The molecule has 0 fully saturated rings. The zero-order valence-electron chi connectivity index (χ0n) is 10.7. The first-order valence-electron chi connectivity index (χ1n) is 3.89. The molecule has 0 spiro atoms. The van der Waals surface area contributed by atoms with Crippen LogP contribution in [-0.2, 0) is 35.7 Å². The molecule has 115 valence electrons. The van der Waals surface area contributed by atoms with E-state index >= 15 is 0 Å². The second-order valence-electron chi connectivity index (χ2n) is 2.07. The smallest absolute Gasteiger partial charge is 0 e. The van der Waals surface area contributed by atoms with Gasteiger partial charge in [-0.1, -0.05) is 18.6 Å². The van der Waals surface area contributed by atoms with Crippen molar-refractivity contribution in [3.63, 3.8) is 0 Å². The molecule has 0 rings (SSSR count). The van der Waals surface area contributed by atoms with Crippen LogP contribution in [0.4, 0.5) is 17.3 Å². The average Bonchev–Trinajstić information content (AvgIpc) is 2.37. The van der Waals surface area contributed by atoms with E-state index in [1.54, 1.807) is 0 Å². The van der Waals surface area contributed by atoms with Crippen LogP contribution in [0.3, 0.4) is 0 Å². The molecule has 0 bridgehead atoms. The van der Waals surface area contributed by atoms with E-state index in [4.69, 9.17) is 18.6 Å². The normalized spacial score (nSPS) is 5.75. The third kappa shape index (κ3) is 1080. The Morgan fingerprint density at radius 2 is 0.950 bits per heavy atom. The van der Waals surface area contributed by atoms with Crippen LogP contribution in [0.15, 0.2) is 11.6 Å². The zero-order chi connectivity index (χ0) is 17.5. The minimum Gasteiger partial charge on any atom is 0 e. The van der Waals surface area contributed by atoms with Crippen LogP contribution in [0.5, 0.6) is 0 Å². The molecule has 0 amide bonds. The molecule has 0 aliphatic heterocycles. The molecule has 0 unspecified atom stereocenters. The number of rotatable bonds is 1. The largest absolute Gasteiger partial charge is 0 e. The molecule has 0 aliphatic rings. The van der Waals surface area contributed by atoms with Crippen LogP contribution in [0.25, 0.3) is 0 Å². The predicted octanol–water partition coefficient (Wildman–Crippen LogP) is 3.32. The van der Waals surface area contributed by atoms with Gasteiger partial charge in [0, 0.05) is 17.1 Å². The molecule has 0 aromatic heterocycles. The minimum absolute atomic E-state index is 0. The van der Waals surface area contributed by atoms with Crippen molar-refractivity contribution in [3.8, 4) is 0 Å². The van der Waals surface area contributed by atoms with Crippen LogP contribution in [-0.4, -0.2) is 7.25 Å². The van der Waals surface area contributed by atoms with E-state index in [2.05, 4.69) is 46.5 Å². The van der Waals surface area contributed by atoms with Gasteiger partial charge in [0.1, 0.15) is 0 Å². The maximum absolute atomic E-state index is 9.75. The Morgan fingerprint density at radius 1 is 0.800 bits per heavy atom. The van der Waals surface area contributed by atoms with Gasteiger partial charge in [0.15, 0.2) is 0 Å². The Balaban J connectivity index is -0.0000000220. The van der Waals surface area contributed by atoms with E-state index < -0.39 is 7.25 Å². The molecule has 1 radical (unpaired) electrons. The van der Waals surface area contributed by atoms with Gasteiger partial charge in [-0.2, -0.15) is 0 Å². The van der Waals surface area contributed by atoms with Crippen molar-refractivity contribution in [1.82, 2.24) is 0 Å². The Bertz CT molecular complexity index is 225. The fourth-order valence-electron chi connectivity index (χ4n) is 0.333. The molecule has 0 aromatic rings. The van der Waals surface area contributed by atoms with Crippen molar-refractivity contribution < 1.29 is 52.9 Å². The quantitative estimate of drug-likeness (QED) is 0.304. The van der Waals surface area contributed by atoms with Gasteiger partial charge in [-0.05, 0) is 20.3 Å². The first-order chi connectivity index (χ1) is 8.77. The zero-order valence-corrected chi connectivity index (χ0v) is 11.8. The van der Waals surface area contributed by atoms with Gasteiger partial charge in [0.25, 0.3) is 0 Å². The average molecular weight is 338 g/mol. The van der Waals surface area contributed by atoms with Crippen molar-refractivity contribution in [2.75, 3.05) is 0 Å². The van der Waals surface area contributed by atoms with E-state index in [9.17, 15) is 17.3 Å². The summed E-state index contributed by atoms with van der Waals surface area (Å²) in [5.74, 6) is 0. The Morgan fingerprint density at radius 3 is 0.950 bits per heavy atom. The van der Waals surface area contributed by atoms with Crippen molar-refractivity contribution >= 4 is 7.25 Å².